The zero-order chi connectivity index (χ0) is 19.9. The molecule has 4 rings (SSSR count). The molecule has 0 radical (unpaired) electrons. The Labute approximate surface area is 181 Å². The summed E-state index contributed by atoms with van der Waals surface area (Å²) in [6.45, 7) is 4.00. The van der Waals surface area contributed by atoms with Crippen molar-refractivity contribution in [1.29, 1.82) is 0 Å². The zero-order valence-electron chi connectivity index (χ0n) is 16.5. The molecule has 29 heavy (non-hydrogen) atoms. The normalized spacial score (nSPS) is 14.2. The number of carbonyl (C=O) groups excluding carboxylic acids is 1. The van der Waals surface area contributed by atoms with Gasteiger partial charge in [-0.3, -0.25) is 9.69 Å². The Morgan fingerprint density at radius 3 is 2.48 bits per heavy atom. The predicted octanol–water partition coefficient (Wildman–Crippen LogP) is 5.57. The molecule has 3 nitrogen and oxygen atoms in total. The zero-order valence-corrected chi connectivity index (χ0v) is 18.1. The van der Waals surface area contributed by atoms with Gasteiger partial charge in [-0.25, -0.2) is 0 Å². The Morgan fingerprint density at radius 2 is 1.72 bits per heavy atom. The highest BCUT2D eigenvalue weighted by Gasteiger charge is 2.13. The smallest absolute Gasteiger partial charge is 0.252 e. The number of hydrogen-bond acceptors (Lipinski definition) is 4. The monoisotopic (exact) mass is 422 g/mol. The van der Waals surface area contributed by atoms with Crippen LogP contribution in [0.4, 0.5) is 0 Å². The molecule has 150 valence electrons. The minimum absolute atomic E-state index is 0.0135. The third-order valence-electron chi connectivity index (χ3n) is 5.16. The van der Waals surface area contributed by atoms with Gasteiger partial charge in [-0.05, 0) is 60.6 Å². The van der Waals surface area contributed by atoms with Crippen LogP contribution in [0.3, 0.4) is 0 Å². The van der Waals surface area contributed by atoms with Gasteiger partial charge in [0.15, 0.2) is 0 Å². The molecule has 1 fully saturated rings. The standard InChI is InChI=1S/C24H26N2OS2/c27-24(22-7-1-2-8-23(22)29-18-21-6-5-15-28-21)25-16-19-9-11-20(12-10-19)17-26-13-3-4-14-26/h1-2,5-12,15H,3-4,13-14,16-18H2,(H,25,27). The number of thiophene rings is 1. The average Bonchev–Trinajstić information content (AvgIpc) is 3.46. The summed E-state index contributed by atoms with van der Waals surface area (Å²) >= 11 is 3.47. The van der Waals surface area contributed by atoms with Gasteiger partial charge in [-0.2, -0.15) is 0 Å². The first kappa shape index (κ1) is 20.2. The van der Waals surface area contributed by atoms with E-state index in [1.807, 2.05) is 24.3 Å². The van der Waals surface area contributed by atoms with Gasteiger partial charge in [-0.15, -0.1) is 23.1 Å². The van der Waals surface area contributed by atoms with Crippen molar-refractivity contribution in [2.75, 3.05) is 13.1 Å². The number of rotatable bonds is 8. The van der Waals surface area contributed by atoms with Crippen molar-refractivity contribution in [2.24, 2.45) is 0 Å². The highest BCUT2D eigenvalue weighted by molar-refractivity contribution is 7.98. The van der Waals surface area contributed by atoms with E-state index in [0.29, 0.717) is 6.54 Å². The number of nitrogens with zero attached hydrogens (tertiary/aromatic N) is 1. The van der Waals surface area contributed by atoms with Crippen LogP contribution in [0.1, 0.15) is 39.2 Å². The van der Waals surface area contributed by atoms with Crippen LogP contribution in [0, 0.1) is 0 Å². The van der Waals surface area contributed by atoms with Gasteiger partial charge in [-0.1, -0.05) is 42.5 Å². The van der Waals surface area contributed by atoms with Gasteiger partial charge in [0, 0.05) is 28.6 Å². The van der Waals surface area contributed by atoms with Crippen LogP contribution in [-0.4, -0.2) is 23.9 Å². The maximum Gasteiger partial charge on any atom is 0.252 e. The Hall–Kier alpha value is -2.08. The van der Waals surface area contributed by atoms with Gasteiger partial charge in [0.2, 0.25) is 0 Å². The molecule has 0 atom stereocenters. The van der Waals surface area contributed by atoms with Crippen LogP contribution in [0.15, 0.2) is 70.9 Å². The van der Waals surface area contributed by atoms with E-state index in [1.165, 1.54) is 36.4 Å². The third kappa shape index (κ3) is 5.72. The number of thioether (sulfide) groups is 1. The Kier molecular flexibility index (Phi) is 7.04. The Bertz CT molecular complexity index is 916. The highest BCUT2D eigenvalue weighted by atomic mass is 32.2. The summed E-state index contributed by atoms with van der Waals surface area (Å²) in [6, 6.07) is 20.7. The minimum Gasteiger partial charge on any atom is -0.348 e. The predicted molar refractivity (Wildman–Crippen MR) is 122 cm³/mol. The lowest BCUT2D eigenvalue weighted by Gasteiger charge is -2.15. The Morgan fingerprint density at radius 1 is 0.966 bits per heavy atom. The molecular weight excluding hydrogens is 396 g/mol. The first-order valence-electron chi connectivity index (χ1n) is 10.1. The van der Waals surface area contributed by atoms with Crippen LogP contribution < -0.4 is 5.32 Å². The van der Waals surface area contributed by atoms with E-state index in [2.05, 4.69) is 52.0 Å². The van der Waals surface area contributed by atoms with E-state index in [9.17, 15) is 4.79 Å². The van der Waals surface area contributed by atoms with Gasteiger partial charge in [0.25, 0.3) is 5.91 Å². The largest absolute Gasteiger partial charge is 0.348 e. The maximum absolute atomic E-state index is 12.8. The van der Waals surface area contributed by atoms with Crippen LogP contribution in [0.25, 0.3) is 0 Å². The second kappa shape index (κ2) is 10.1. The summed E-state index contributed by atoms with van der Waals surface area (Å²) < 4.78 is 0. The van der Waals surface area contributed by atoms with Crippen molar-refractivity contribution in [3.05, 3.63) is 87.6 Å². The fourth-order valence-corrected chi connectivity index (χ4v) is 5.39. The third-order valence-corrected chi connectivity index (χ3v) is 7.34. The molecule has 1 aliphatic rings. The van der Waals surface area contributed by atoms with Gasteiger partial charge < -0.3 is 5.32 Å². The van der Waals surface area contributed by atoms with Gasteiger partial charge in [0.05, 0.1) is 5.56 Å². The molecule has 2 aromatic carbocycles. The van der Waals surface area contributed by atoms with Crippen molar-refractivity contribution >= 4 is 29.0 Å². The topological polar surface area (TPSA) is 32.3 Å². The van der Waals surface area contributed by atoms with Crippen molar-refractivity contribution in [3.8, 4) is 0 Å². The molecular formula is C24H26N2OS2. The van der Waals surface area contributed by atoms with E-state index >= 15 is 0 Å². The van der Waals surface area contributed by atoms with Crippen LogP contribution in [-0.2, 0) is 18.8 Å². The second-order valence-electron chi connectivity index (χ2n) is 7.35. The van der Waals surface area contributed by atoms with E-state index in [-0.39, 0.29) is 5.91 Å². The number of carbonyl (C=O) groups is 1. The van der Waals surface area contributed by atoms with E-state index in [4.69, 9.17) is 0 Å². The lowest BCUT2D eigenvalue weighted by atomic mass is 10.1. The summed E-state index contributed by atoms with van der Waals surface area (Å²) in [5, 5.41) is 5.17. The number of hydrogen-bond donors (Lipinski definition) is 1. The number of nitrogens with one attached hydrogen (secondary N) is 1. The summed E-state index contributed by atoms with van der Waals surface area (Å²) in [7, 11) is 0. The van der Waals surface area contributed by atoms with E-state index in [0.717, 1.165) is 28.3 Å². The lowest BCUT2D eigenvalue weighted by molar-refractivity contribution is 0.0948. The molecule has 1 N–H and O–H groups in total. The number of likely N-dealkylation sites (tertiary alicyclic amines) is 1. The molecule has 1 amide bonds. The highest BCUT2D eigenvalue weighted by Crippen LogP contribution is 2.28. The van der Waals surface area contributed by atoms with Crippen molar-refractivity contribution in [3.63, 3.8) is 0 Å². The SMILES string of the molecule is O=C(NCc1ccc(CN2CCCC2)cc1)c1ccccc1SCc1cccs1. The van der Waals surface area contributed by atoms with Crippen LogP contribution >= 0.6 is 23.1 Å². The summed E-state index contributed by atoms with van der Waals surface area (Å²) in [6.07, 6.45) is 2.63. The number of amides is 1. The molecule has 0 spiro atoms. The van der Waals surface area contributed by atoms with Crippen molar-refractivity contribution in [2.45, 2.75) is 36.6 Å². The van der Waals surface area contributed by atoms with Gasteiger partial charge >= 0.3 is 0 Å². The summed E-state index contributed by atoms with van der Waals surface area (Å²) in [4.78, 5) is 17.6. The molecule has 2 heterocycles. The molecule has 0 saturated carbocycles. The van der Waals surface area contributed by atoms with Crippen LogP contribution in [0.5, 0.6) is 0 Å². The Balaban J connectivity index is 1.32. The molecule has 1 aromatic heterocycles. The summed E-state index contributed by atoms with van der Waals surface area (Å²) in [5.74, 6) is 0.876. The molecule has 0 unspecified atom stereocenters. The van der Waals surface area contributed by atoms with Gasteiger partial charge in [0.1, 0.15) is 0 Å². The average molecular weight is 423 g/mol. The fraction of sp³-hybridized carbons (Fsp3) is 0.292. The maximum atomic E-state index is 12.8. The molecule has 3 aromatic rings. The number of benzene rings is 2. The van der Waals surface area contributed by atoms with E-state index < -0.39 is 0 Å². The molecule has 0 bridgehead atoms. The first-order valence-corrected chi connectivity index (χ1v) is 12.0. The minimum atomic E-state index is -0.0135. The molecule has 1 saturated heterocycles. The summed E-state index contributed by atoms with van der Waals surface area (Å²) in [5.41, 5.74) is 3.23. The van der Waals surface area contributed by atoms with Crippen LogP contribution in [0.2, 0.25) is 0 Å². The quantitative estimate of drug-likeness (QED) is 0.482. The van der Waals surface area contributed by atoms with Crippen molar-refractivity contribution in [1.82, 2.24) is 10.2 Å². The first-order chi connectivity index (χ1) is 14.3. The van der Waals surface area contributed by atoms with E-state index in [1.54, 1.807) is 23.1 Å². The molecule has 5 heteroatoms. The van der Waals surface area contributed by atoms with Crippen molar-refractivity contribution < 1.29 is 4.79 Å². The lowest BCUT2D eigenvalue weighted by Crippen LogP contribution is -2.23. The second-order valence-corrected chi connectivity index (χ2v) is 9.40. The molecule has 0 aliphatic carbocycles. The molecule has 1 aliphatic heterocycles. The fourth-order valence-electron chi connectivity index (χ4n) is 3.56.